The van der Waals surface area contributed by atoms with Crippen LogP contribution in [0.15, 0.2) is 46.0 Å². The van der Waals surface area contributed by atoms with Crippen LogP contribution in [0.25, 0.3) is 0 Å². The average Bonchev–Trinajstić information content (AvgIpc) is 2.96. The van der Waals surface area contributed by atoms with Crippen LogP contribution in [0.3, 0.4) is 0 Å². The summed E-state index contributed by atoms with van der Waals surface area (Å²) in [6, 6.07) is 10.5. The molecule has 1 heterocycles. The Morgan fingerprint density at radius 3 is 2.76 bits per heavy atom. The number of benzene rings is 2. The summed E-state index contributed by atoms with van der Waals surface area (Å²) >= 11 is 3.39. The molecule has 0 amide bonds. The molecule has 3 rings (SSSR count). The first kappa shape index (κ1) is 13.6. The molecule has 0 unspecified atom stereocenters. The molecule has 7 heteroatoms. The van der Waals surface area contributed by atoms with E-state index >= 15 is 0 Å². The molecule has 108 valence electrons. The summed E-state index contributed by atoms with van der Waals surface area (Å²) < 4.78 is 17.0. The van der Waals surface area contributed by atoms with Crippen molar-refractivity contribution in [1.82, 2.24) is 0 Å². The van der Waals surface area contributed by atoms with Crippen LogP contribution < -0.4 is 19.9 Å². The monoisotopic (exact) mass is 350 g/mol. The van der Waals surface area contributed by atoms with Gasteiger partial charge in [0.1, 0.15) is 11.5 Å². The second kappa shape index (κ2) is 5.53. The molecule has 21 heavy (non-hydrogen) atoms. The quantitative estimate of drug-likeness (QED) is 0.384. The lowest BCUT2D eigenvalue weighted by Gasteiger charge is -2.09. The Morgan fingerprint density at radius 1 is 1.19 bits per heavy atom. The molecular formula is C14H11BrN2O4. The topological polar surface area (TPSA) is 86.3 Å². The number of amidine groups is 1. The number of rotatable bonds is 3. The van der Waals surface area contributed by atoms with E-state index in [2.05, 4.69) is 21.1 Å². The molecule has 2 aromatic rings. The molecule has 0 saturated carbocycles. The molecule has 0 saturated heterocycles. The number of nitrogens with zero attached hydrogens (tertiary/aromatic N) is 1. The van der Waals surface area contributed by atoms with Gasteiger partial charge in [-0.3, -0.25) is 0 Å². The fraction of sp³-hybridized carbons (Fsp3) is 0.0714. The van der Waals surface area contributed by atoms with Gasteiger partial charge in [0.2, 0.25) is 6.79 Å². The fourth-order valence-corrected chi connectivity index (χ4v) is 2.33. The van der Waals surface area contributed by atoms with Gasteiger partial charge in [-0.15, -0.1) is 0 Å². The average molecular weight is 351 g/mol. The Morgan fingerprint density at radius 2 is 2.00 bits per heavy atom. The lowest BCUT2D eigenvalue weighted by atomic mass is 10.2. The molecule has 2 aromatic carbocycles. The van der Waals surface area contributed by atoms with Crippen LogP contribution in [0.2, 0.25) is 0 Å². The number of fused-ring (bicyclic) bond motifs is 1. The highest BCUT2D eigenvalue weighted by Crippen LogP contribution is 2.38. The van der Waals surface area contributed by atoms with Crippen LogP contribution in [-0.2, 0) is 0 Å². The molecule has 0 aromatic heterocycles. The third-order valence-corrected chi connectivity index (χ3v) is 3.53. The number of ether oxygens (including phenoxy) is 3. The van der Waals surface area contributed by atoms with Crippen LogP contribution in [0.1, 0.15) is 5.56 Å². The van der Waals surface area contributed by atoms with Gasteiger partial charge < -0.3 is 25.2 Å². The Labute approximate surface area is 128 Å². The van der Waals surface area contributed by atoms with E-state index in [9.17, 15) is 0 Å². The third kappa shape index (κ3) is 2.73. The van der Waals surface area contributed by atoms with Gasteiger partial charge in [-0.2, -0.15) is 0 Å². The van der Waals surface area contributed by atoms with E-state index in [1.165, 1.54) is 0 Å². The van der Waals surface area contributed by atoms with Crippen molar-refractivity contribution in [3.63, 3.8) is 0 Å². The maximum Gasteiger partial charge on any atom is 0.231 e. The third-order valence-electron chi connectivity index (χ3n) is 2.91. The number of nitrogens with two attached hydrogens (primary N) is 1. The summed E-state index contributed by atoms with van der Waals surface area (Å²) in [5.41, 5.74) is 6.12. The van der Waals surface area contributed by atoms with Gasteiger partial charge in [-0.1, -0.05) is 5.16 Å². The Bertz CT molecular complexity index is 718. The standard InChI is InChI=1S/C14H11BrN2O4/c15-10-5-8(14(16)17-18)1-3-11(10)21-9-2-4-12-13(6-9)20-7-19-12/h1-6,18H,7H2,(H2,16,17). The van der Waals surface area contributed by atoms with E-state index in [-0.39, 0.29) is 12.6 Å². The minimum Gasteiger partial charge on any atom is -0.456 e. The smallest absolute Gasteiger partial charge is 0.231 e. The molecule has 0 radical (unpaired) electrons. The Hall–Kier alpha value is -2.41. The van der Waals surface area contributed by atoms with Crippen molar-refractivity contribution in [2.45, 2.75) is 0 Å². The second-order valence-corrected chi connectivity index (χ2v) is 5.10. The molecule has 6 nitrogen and oxygen atoms in total. The van der Waals surface area contributed by atoms with E-state index in [0.29, 0.717) is 33.0 Å². The molecule has 3 N–H and O–H groups in total. The molecule has 1 aliphatic heterocycles. The molecule has 0 bridgehead atoms. The first-order valence-electron chi connectivity index (χ1n) is 6.02. The molecule has 1 aliphatic rings. The minimum atomic E-state index is 0.0327. The van der Waals surface area contributed by atoms with Crippen LogP contribution in [0.4, 0.5) is 0 Å². The molecule has 0 atom stereocenters. The largest absolute Gasteiger partial charge is 0.456 e. The molecule has 0 spiro atoms. The summed E-state index contributed by atoms with van der Waals surface area (Å²) in [6.45, 7) is 0.219. The van der Waals surface area contributed by atoms with E-state index in [0.717, 1.165) is 0 Å². The van der Waals surface area contributed by atoms with Crippen molar-refractivity contribution < 1.29 is 19.4 Å². The van der Waals surface area contributed by atoms with Crippen LogP contribution in [0, 0.1) is 0 Å². The molecular weight excluding hydrogens is 340 g/mol. The van der Waals surface area contributed by atoms with Crippen molar-refractivity contribution in [3.8, 4) is 23.0 Å². The predicted octanol–water partition coefficient (Wildman–Crippen LogP) is 3.06. The van der Waals surface area contributed by atoms with Crippen molar-refractivity contribution in [3.05, 3.63) is 46.4 Å². The summed E-state index contributed by atoms with van der Waals surface area (Å²) in [5, 5.41) is 11.6. The van der Waals surface area contributed by atoms with Gasteiger partial charge in [0.15, 0.2) is 17.3 Å². The number of hydrogen-bond acceptors (Lipinski definition) is 5. The first-order valence-corrected chi connectivity index (χ1v) is 6.81. The highest BCUT2D eigenvalue weighted by Gasteiger charge is 2.14. The lowest BCUT2D eigenvalue weighted by molar-refractivity contribution is 0.174. The molecule has 0 fully saturated rings. The van der Waals surface area contributed by atoms with Gasteiger partial charge in [-0.25, -0.2) is 0 Å². The number of halogens is 1. The Kier molecular flexibility index (Phi) is 3.57. The van der Waals surface area contributed by atoms with Crippen LogP contribution in [0.5, 0.6) is 23.0 Å². The minimum absolute atomic E-state index is 0.0327. The molecule has 0 aliphatic carbocycles. The zero-order valence-electron chi connectivity index (χ0n) is 10.7. The summed E-state index contributed by atoms with van der Waals surface area (Å²) in [7, 11) is 0. The van der Waals surface area contributed by atoms with Gasteiger partial charge in [0, 0.05) is 11.6 Å². The predicted molar refractivity (Wildman–Crippen MR) is 79.3 cm³/mol. The van der Waals surface area contributed by atoms with E-state index in [4.69, 9.17) is 25.2 Å². The maximum absolute atomic E-state index is 8.66. The van der Waals surface area contributed by atoms with Gasteiger partial charge in [-0.05, 0) is 46.3 Å². The summed E-state index contributed by atoms with van der Waals surface area (Å²) in [4.78, 5) is 0. The summed E-state index contributed by atoms with van der Waals surface area (Å²) in [6.07, 6.45) is 0. The highest BCUT2D eigenvalue weighted by molar-refractivity contribution is 9.10. The SMILES string of the molecule is N/C(=N/O)c1ccc(Oc2ccc3c(c2)OCO3)c(Br)c1. The van der Waals surface area contributed by atoms with Gasteiger partial charge in [0.25, 0.3) is 0 Å². The maximum atomic E-state index is 8.66. The highest BCUT2D eigenvalue weighted by atomic mass is 79.9. The van der Waals surface area contributed by atoms with Gasteiger partial charge in [0.05, 0.1) is 4.47 Å². The van der Waals surface area contributed by atoms with E-state index < -0.39 is 0 Å². The number of oxime groups is 1. The fourth-order valence-electron chi connectivity index (χ4n) is 1.87. The van der Waals surface area contributed by atoms with Crippen LogP contribution >= 0.6 is 15.9 Å². The van der Waals surface area contributed by atoms with Crippen molar-refractivity contribution >= 4 is 21.8 Å². The van der Waals surface area contributed by atoms with Crippen LogP contribution in [-0.4, -0.2) is 17.8 Å². The zero-order chi connectivity index (χ0) is 14.8. The van der Waals surface area contributed by atoms with Crippen molar-refractivity contribution in [2.24, 2.45) is 10.9 Å². The van der Waals surface area contributed by atoms with Gasteiger partial charge >= 0.3 is 0 Å². The van der Waals surface area contributed by atoms with E-state index in [1.54, 1.807) is 36.4 Å². The number of hydrogen-bond donors (Lipinski definition) is 2. The zero-order valence-corrected chi connectivity index (χ0v) is 12.3. The normalized spacial score (nSPS) is 13.3. The van der Waals surface area contributed by atoms with Crippen molar-refractivity contribution in [1.29, 1.82) is 0 Å². The lowest BCUT2D eigenvalue weighted by Crippen LogP contribution is -2.12. The summed E-state index contributed by atoms with van der Waals surface area (Å²) in [5.74, 6) is 2.60. The Balaban J connectivity index is 1.85. The second-order valence-electron chi connectivity index (χ2n) is 4.25. The van der Waals surface area contributed by atoms with E-state index in [1.807, 2.05) is 0 Å². The first-order chi connectivity index (χ1) is 10.2. The van der Waals surface area contributed by atoms with Crippen molar-refractivity contribution in [2.75, 3.05) is 6.79 Å².